The zero-order valence-corrected chi connectivity index (χ0v) is 11.2. The summed E-state index contributed by atoms with van der Waals surface area (Å²) in [4.78, 5) is 0. The molecule has 0 radical (unpaired) electrons. The van der Waals surface area contributed by atoms with Crippen LogP contribution < -0.4 is 5.32 Å². The van der Waals surface area contributed by atoms with Gasteiger partial charge >= 0.3 is 6.18 Å². The molecule has 3 N–H and O–H groups in total. The molecule has 3 nitrogen and oxygen atoms in total. The summed E-state index contributed by atoms with van der Waals surface area (Å²) in [5.41, 5.74) is -0.270. The standard InChI is InChI=1S/C12H16F3NO2S/c1-19-7-8-3-2-4-10(12(13,14)15)11(8)16-5-9(18)6-17/h2-4,9,16-18H,5-7H2,1H3. The van der Waals surface area contributed by atoms with Crippen LogP contribution in [0.3, 0.4) is 0 Å². The molecule has 1 aromatic carbocycles. The molecule has 0 aromatic heterocycles. The van der Waals surface area contributed by atoms with Gasteiger partial charge in [0, 0.05) is 12.3 Å². The van der Waals surface area contributed by atoms with Crippen molar-refractivity contribution in [3.05, 3.63) is 29.3 Å². The average molecular weight is 295 g/mol. The van der Waals surface area contributed by atoms with Crippen molar-refractivity contribution in [3.8, 4) is 0 Å². The Labute approximate surface area is 113 Å². The van der Waals surface area contributed by atoms with Gasteiger partial charge in [-0.25, -0.2) is 0 Å². The molecule has 0 amide bonds. The number of hydrogen-bond donors (Lipinski definition) is 3. The first-order chi connectivity index (χ1) is 8.90. The van der Waals surface area contributed by atoms with E-state index in [4.69, 9.17) is 5.11 Å². The maximum Gasteiger partial charge on any atom is 0.418 e. The minimum atomic E-state index is -4.46. The molecule has 1 rings (SSSR count). The van der Waals surface area contributed by atoms with E-state index in [1.807, 2.05) is 0 Å². The van der Waals surface area contributed by atoms with E-state index in [0.29, 0.717) is 11.3 Å². The minimum Gasteiger partial charge on any atom is -0.394 e. The Morgan fingerprint density at radius 1 is 1.37 bits per heavy atom. The second-order valence-electron chi connectivity index (χ2n) is 3.99. The van der Waals surface area contributed by atoms with Crippen LogP contribution in [0.4, 0.5) is 18.9 Å². The lowest BCUT2D eigenvalue weighted by Crippen LogP contribution is -2.24. The normalized spacial score (nSPS) is 13.4. The first-order valence-electron chi connectivity index (χ1n) is 5.61. The van der Waals surface area contributed by atoms with Crippen molar-refractivity contribution in [2.75, 3.05) is 24.7 Å². The molecule has 0 bridgehead atoms. The number of aliphatic hydroxyl groups is 2. The summed E-state index contributed by atoms with van der Waals surface area (Å²) in [5.74, 6) is 0.432. The Morgan fingerprint density at radius 2 is 2.05 bits per heavy atom. The number of para-hydroxylation sites is 1. The van der Waals surface area contributed by atoms with E-state index in [1.54, 1.807) is 12.3 Å². The van der Waals surface area contributed by atoms with Crippen LogP contribution in [0, 0.1) is 0 Å². The zero-order valence-electron chi connectivity index (χ0n) is 10.4. The van der Waals surface area contributed by atoms with E-state index in [0.717, 1.165) is 6.07 Å². The first-order valence-corrected chi connectivity index (χ1v) is 7.00. The van der Waals surface area contributed by atoms with Crippen molar-refractivity contribution in [3.63, 3.8) is 0 Å². The van der Waals surface area contributed by atoms with Crippen molar-refractivity contribution in [1.82, 2.24) is 0 Å². The maximum atomic E-state index is 12.9. The van der Waals surface area contributed by atoms with Crippen molar-refractivity contribution in [1.29, 1.82) is 0 Å². The van der Waals surface area contributed by atoms with E-state index >= 15 is 0 Å². The third kappa shape index (κ3) is 4.59. The van der Waals surface area contributed by atoms with E-state index < -0.39 is 24.5 Å². The van der Waals surface area contributed by atoms with Crippen LogP contribution in [0.25, 0.3) is 0 Å². The fourth-order valence-corrected chi connectivity index (χ4v) is 2.16. The van der Waals surface area contributed by atoms with Gasteiger partial charge in [0.05, 0.1) is 24.0 Å². The largest absolute Gasteiger partial charge is 0.418 e. The van der Waals surface area contributed by atoms with Crippen LogP contribution in [-0.4, -0.2) is 35.7 Å². The number of benzene rings is 1. The number of anilines is 1. The van der Waals surface area contributed by atoms with Crippen molar-refractivity contribution < 1.29 is 23.4 Å². The van der Waals surface area contributed by atoms with Gasteiger partial charge < -0.3 is 15.5 Å². The molecule has 0 spiro atoms. The van der Waals surface area contributed by atoms with E-state index in [-0.39, 0.29) is 12.2 Å². The van der Waals surface area contributed by atoms with Crippen LogP contribution in [0.2, 0.25) is 0 Å². The molecule has 0 saturated carbocycles. The van der Waals surface area contributed by atoms with E-state index in [1.165, 1.54) is 17.8 Å². The highest BCUT2D eigenvalue weighted by molar-refractivity contribution is 7.97. The summed E-state index contributed by atoms with van der Waals surface area (Å²) in [5, 5.41) is 20.5. The third-order valence-electron chi connectivity index (χ3n) is 2.48. The molecule has 0 saturated heterocycles. The van der Waals surface area contributed by atoms with Gasteiger partial charge in [-0.1, -0.05) is 12.1 Å². The molecule has 0 heterocycles. The molecule has 1 unspecified atom stereocenters. The molecule has 0 aliphatic carbocycles. The molecular weight excluding hydrogens is 279 g/mol. The third-order valence-corrected chi connectivity index (χ3v) is 3.08. The molecule has 0 aliphatic rings. The molecule has 0 aliphatic heterocycles. The van der Waals surface area contributed by atoms with Gasteiger partial charge in [-0.05, 0) is 17.9 Å². The summed E-state index contributed by atoms with van der Waals surface area (Å²) < 4.78 is 38.7. The first kappa shape index (κ1) is 16.1. The number of nitrogens with one attached hydrogen (secondary N) is 1. The fourth-order valence-electron chi connectivity index (χ4n) is 1.61. The van der Waals surface area contributed by atoms with Crippen LogP contribution in [0.1, 0.15) is 11.1 Å². The number of aliphatic hydroxyl groups excluding tert-OH is 2. The molecular formula is C12H16F3NO2S. The number of thioether (sulfide) groups is 1. The smallest absolute Gasteiger partial charge is 0.394 e. The van der Waals surface area contributed by atoms with E-state index in [9.17, 15) is 18.3 Å². The molecule has 19 heavy (non-hydrogen) atoms. The monoisotopic (exact) mass is 295 g/mol. The van der Waals surface area contributed by atoms with Crippen LogP contribution in [0.15, 0.2) is 18.2 Å². The summed E-state index contributed by atoms with van der Waals surface area (Å²) in [6, 6.07) is 3.97. The van der Waals surface area contributed by atoms with Crippen molar-refractivity contribution in [2.24, 2.45) is 0 Å². The quantitative estimate of drug-likeness (QED) is 0.754. The number of alkyl halides is 3. The van der Waals surface area contributed by atoms with Crippen LogP contribution >= 0.6 is 11.8 Å². The summed E-state index contributed by atoms with van der Waals surface area (Å²) in [7, 11) is 0. The lowest BCUT2D eigenvalue weighted by Gasteiger charge is -2.19. The molecule has 0 fully saturated rings. The number of hydrogen-bond acceptors (Lipinski definition) is 4. The SMILES string of the molecule is CSCc1cccc(C(F)(F)F)c1NCC(O)CO. The lowest BCUT2D eigenvalue weighted by molar-refractivity contribution is -0.137. The highest BCUT2D eigenvalue weighted by atomic mass is 32.2. The second kappa shape index (κ2) is 7.02. The lowest BCUT2D eigenvalue weighted by atomic mass is 10.1. The van der Waals surface area contributed by atoms with Gasteiger partial charge in [0.2, 0.25) is 0 Å². The predicted octanol–water partition coefficient (Wildman–Crippen LogP) is 2.33. The topological polar surface area (TPSA) is 52.5 Å². The Balaban J connectivity index is 3.07. The maximum absolute atomic E-state index is 12.9. The Bertz CT molecular complexity index is 412. The Hall–Kier alpha value is -0.920. The summed E-state index contributed by atoms with van der Waals surface area (Å²) in [6.45, 7) is -0.635. The predicted molar refractivity (Wildman–Crippen MR) is 70.2 cm³/mol. The molecule has 1 atom stereocenters. The second-order valence-corrected chi connectivity index (χ2v) is 4.85. The highest BCUT2D eigenvalue weighted by Crippen LogP contribution is 2.37. The average Bonchev–Trinajstić information content (AvgIpc) is 2.35. The molecule has 7 heteroatoms. The van der Waals surface area contributed by atoms with Gasteiger partial charge in [0.25, 0.3) is 0 Å². The van der Waals surface area contributed by atoms with E-state index in [2.05, 4.69) is 5.32 Å². The number of halogens is 3. The molecule has 108 valence electrons. The Morgan fingerprint density at radius 3 is 2.58 bits per heavy atom. The van der Waals surface area contributed by atoms with Gasteiger partial charge in [0.1, 0.15) is 0 Å². The highest BCUT2D eigenvalue weighted by Gasteiger charge is 2.34. The van der Waals surface area contributed by atoms with Gasteiger partial charge in [-0.2, -0.15) is 24.9 Å². The van der Waals surface area contributed by atoms with Gasteiger partial charge in [0.15, 0.2) is 0 Å². The zero-order chi connectivity index (χ0) is 14.5. The van der Waals surface area contributed by atoms with Crippen molar-refractivity contribution in [2.45, 2.75) is 18.0 Å². The minimum absolute atomic E-state index is 0.0307. The summed E-state index contributed by atoms with van der Waals surface area (Å²) in [6.07, 6.45) is -3.75. The van der Waals surface area contributed by atoms with Gasteiger partial charge in [-0.15, -0.1) is 0 Å². The van der Waals surface area contributed by atoms with Crippen molar-refractivity contribution >= 4 is 17.4 Å². The van der Waals surface area contributed by atoms with Crippen LogP contribution in [-0.2, 0) is 11.9 Å². The fraction of sp³-hybridized carbons (Fsp3) is 0.500. The molecule has 1 aromatic rings. The van der Waals surface area contributed by atoms with Gasteiger partial charge in [-0.3, -0.25) is 0 Å². The summed E-state index contributed by atoms with van der Waals surface area (Å²) >= 11 is 1.41. The number of rotatable bonds is 6. The van der Waals surface area contributed by atoms with Crippen LogP contribution in [0.5, 0.6) is 0 Å². The Kier molecular flexibility index (Phi) is 5.96.